The van der Waals surface area contributed by atoms with Gasteiger partial charge in [0.15, 0.2) is 0 Å². The van der Waals surface area contributed by atoms with Crippen LogP contribution < -0.4 is 10.6 Å². The monoisotopic (exact) mass is 316 g/mol. The van der Waals surface area contributed by atoms with Crippen LogP contribution in [0.1, 0.15) is 5.56 Å². The minimum Gasteiger partial charge on any atom is -0.308 e. The lowest BCUT2D eigenvalue weighted by Crippen LogP contribution is -2.19. The fourth-order valence-electron chi connectivity index (χ4n) is 1.39. The Hall–Kier alpha value is -2.39. The van der Waals surface area contributed by atoms with E-state index in [1.54, 1.807) is 42.7 Å². The van der Waals surface area contributed by atoms with E-state index in [1.165, 1.54) is 0 Å². The molecule has 2 N–H and O–H groups in total. The van der Waals surface area contributed by atoms with Crippen LogP contribution in [-0.4, -0.2) is 11.0 Å². The average molecular weight is 317 g/mol. The second-order valence-electron chi connectivity index (χ2n) is 3.62. The van der Waals surface area contributed by atoms with E-state index in [9.17, 15) is 4.79 Å². The van der Waals surface area contributed by atoms with Crippen LogP contribution in [0, 0.1) is 11.3 Å². The third-order valence-electron chi connectivity index (χ3n) is 2.29. The largest absolute Gasteiger partial charge is 0.323 e. The Labute approximate surface area is 118 Å². The summed E-state index contributed by atoms with van der Waals surface area (Å²) in [6.07, 6.45) is 3.18. The SMILES string of the molecule is N#Cc1ccc(NC(=O)Nc2ccncc2Br)cc1. The number of benzene rings is 1. The Morgan fingerprint density at radius 1 is 1.21 bits per heavy atom. The highest BCUT2D eigenvalue weighted by molar-refractivity contribution is 9.10. The molecule has 0 unspecified atom stereocenters. The number of hydrogen-bond acceptors (Lipinski definition) is 3. The van der Waals surface area contributed by atoms with Crippen molar-refractivity contribution < 1.29 is 4.79 Å². The number of anilines is 2. The first-order valence-electron chi connectivity index (χ1n) is 5.37. The average Bonchev–Trinajstić information content (AvgIpc) is 2.42. The summed E-state index contributed by atoms with van der Waals surface area (Å²) in [6, 6.07) is 9.94. The highest BCUT2D eigenvalue weighted by Crippen LogP contribution is 2.20. The van der Waals surface area contributed by atoms with Gasteiger partial charge in [-0.3, -0.25) is 4.98 Å². The van der Waals surface area contributed by atoms with E-state index in [0.29, 0.717) is 21.4 Å². The van der Waals surface area contributed by atoms with Gasteiger partial charge < -0.3 is 10.6 Å². The van der Waals surface area contributed by atoms with Gasteiger partial charge in [0.05, 0.1) is 21.8 Å². The molecule has 19 heavy (non-hydrogen) atoms. The molecule has 6 heteroatoms. The van der Waals surface area contributed by atoms with E-state index in [-0.39, 0.29) is 6.03 Å². The Balaban J connectivity index is 2.01. The highest BCUT2D eigenvalue weighted by Gasteiger charge is 2.05. The smallest absolute Gasteiger partial charge is 0.308 e. The van der Waals surface area contributed by atoms with Crippen molar-refractivity contribution in [1.82, 2.24) is 4.98 Å². The molecule has 0 saturated heterocycles. The zero-order valence-corrected chi connectivity index (χ0v) is 11.3. The quantitative estimate of drug-likeness (QED) is 0.891. The lowest BCUT2D eigenvalue weighted by atomic mass is 10.2. The number of urea groups is 1. The highest BCUT2D eigenvalue weighted by atomic mass is 79.9. The fraction of sp³-hybridized carbons (Fsp3) is 0. The molecule has 0 bridgehead atoms. The molecular formula is C13H9BrN4O. The maximum absolute atomic E-state index is 11.8. The van der Waals surface area contributed by atoms with Gasteiger partial charge in [-0.1, -0.05) is 0 Å². The summed E-state index contributed by atoms with van der Waals surface area (Å²) in [4.78, 5) is 15.7. The van der Waals surface area contributed by atoms with Gasteiger partial charge in [-0.05, 0) is 46.3 Å². The van der Waals surface area contributed by atoms with Crippen LogP contribution in [0.3, 0.4) is 0 Å². The summed E-state index contributed by atoms with van der Waals surface area (Å²) in [5.41, 5.74) is 1.78. The van der Waals surface area contributed by atoms with Crippen LogP contribution in [-0.2, 0) is 0 Å². The molecule has 2 amide bonds. The lowest BCUT2D eigenvalue weighted by molar-refractivity contribution is 0.262. The van der Waals surface area contributed by atoms with Crippen molar-refractivity contribution in [3.63, 3.8) is 0 Å². The van der Waals surface area contributed by atoms with E-state index in [0.717, 1.165) is 0 Å². The molecule has 1 aromatic heterocycles. The third-order valence-corrected chi connectivity index (χ3v) is 2.92. The van der Waals surface area contributed by atoms with Crippen molar-refractivity contribution in [3.8, 4) is 6.07 Å². The van der Waals surface area contributed by atoms with E-state index < -0.39 is 0 Å². The first kappa shape index (κ1) is 13.1. The Morgan fingerprint density at radius 3 is 2.58 bits per heavy atom. The predicted molar refractivity (Wildman–Crippen MR) is 75.7 cm³/mol. The number of pyridine rings is 1. The molecule has 94 valence electrons. The van der Waals surface area contributed by atoms with Crippen molar-refractivity contribution in [1.29, 1.82) is 5.26 Å². The standard InChI is InChI=1S/C13H9BrN4O/c14-11-8-16-6-5-12(11)18-13(19)17-10-3-1-9(7-15)2-4-10/h1-6,8H,(H2,16,17,18,19). The van der Waals surface area contributed by atoms with Crippen molar-refractivity contribution in [2.24, 2.45) is 0 Å². The van der Waals surface area contributed by atoms with Gasteiger partial charge in [-0.15, -0.1) is 0 Å². The van der Waals surface area contributed by atoms with Gasteiger partial charge in [-0.25, -0.2) is 4.79 Å². The maximum atomic E-state index is 11.8. The van der Waals surface area contributed by atoms with Gasteiger partial charge >= 0.3 is 6.03 Å². The van der Waals surface area contributed by atoms with Crippen molar-refractivity contribution >= 4 is 33.3 Å². The number of aromatic nitrogens is 1. The molecular weight excluding hydrogens is 308 g/mol. The molecule has 2 aromatic rings. The molecule has 0 spiro atoms. The van der Waals surface area contributed by atoms with Gasteiger partial charge in [0.1, 0.15) is 0 Å². The summed E-state index contributed by atoms with van der Waals surface area (Å²) in [5, 5.41) is 14.0. The maximum Gasteiger partial charge on any atom is 0.323 e. The fourth-order valence-corrected chi connectivity index (χ4v) is 1.74. The molecule has 0 aliphatic carbocycles. The van der Waals surface area contributed by atoms with Crippen molar-refractivity contribution in [2.75, 3.05) is 10.6 Å². The molecule has 0 atom stereocenters. The molecule has 2 rings (SSSR count). The number of halogens is 1. The number of carbonyl (C=O) groups excluding carboxylic acids is 1. The van der Waals surface area contributed by atoms with Crippen LogP contribution >= 0.6 is 15.9 Å². The minimum atomic E-state index is -0.364. The van der Waals surface area contributed by atoms with Gasteiger partial charge in [0.25, 0.3) is 0 Å². The van der Waals surface area contributed by atoms with Crippen molar-refractivity contribution in [3.05, 3.63) is 52.8 Å². The predicted octanol–water partition coefficient (Wildman–Crippen LogP) is 3.36. The number of amides is 2. The van der Waals surface area contributed by atoms with E-state index in [4.69, 9.17) is 5.26 Å². The molecule has 0 saturated carbocycles. The van der Waals surface area contributed by atoms with E-state index in [2.05, 4.69) is 31.5 Å². The second-order valence-corrected chi connectivity index (χ2v) is 4.48. The number of rotatable bonds is 2. The molecule has 0 aliphatic rings. The summed E-state index contributed by atoms with van der Waals surface area (Å²) < 4.78 is 0.699. The summed E-state index contributed by atoms with van der Waals surface area (Å²) >= 11 is 3.29. The second kappa shape index (κ2) is 5.98. The molecule has 1 aromatic carbocycles. The molecule has 1 heterocycles. The molecule has 0 radical (unpaired) electrons. The zero-order valence-electron chi connectivity index (χ0n) is 9.72. The van der Waals surface area contributed by atoms with Gasteiger partial charge in [0, 0.05) is 18.1 Å². The Kier molecular flexibility index (Phi) is 4.11. The Bertz CT molecular complexity index is 634. The number of carbonyl (C=O) groups is 1. The minimum absolute atomic E-state index is 0.364. The van der Waals surface area contributed by atoms with Crippen LogP contribution in [0.25, 0.3) is 0 Å². The summed E-state index contributed by atoms with van der Waals surface area (Å²) in [5.74, 6) is 0. The topological polar surface area (TPSA) is 77.8 Å². The first-order valence-corrected chi connectivity index (χ1v) is 6.16. The van der Waals surface area contributed by atoms with Gasteiger partial charge in [-0.2, -0.15) is 5.26 Å². The first-order chi connectivity index (χ1) is 9.19. The van der Waals surface area contributed by atoms with Crippen LogP contribution in [0.5, 0.6) is 0 Å². The summed E-state index contributed by atoms with van der Waals surface area (Å²) in [7, 11) is 0. The number of hydrogen-bond donors (Lipinski definition) is 2. The number of nitriles is 1. The van der Waals surface area contributed by atoms with E-state index in [1.807, 2.05) is 6.07 Å². The third kappa shape index (κ3) is 3.53. The van der Waals surface area contributed by atoms with Gasteiger partial charge in [0.2, 0.25) is 0 Å². The summed E-state index contributed by atoms with van der Waals surface area (Å²) in [6.45, 7) is 0. The zero-order chi connectivity index (χ0) is 13.7. The van der Waals surface area contributed by atoms with E-state index >= 15 is 0 Å². The van der Waals surface area contributed by atoms with Crippen LogP contribution in [0.2, 0.25) is 0 Å². The van der Waals surface area contributed by atoms with Crippen molar-refractivity contribution in [2.45, 2.75) is 0 Å². The normalized spacial score (nSPS) is 9.47. The van der Waals surface area contributed by atoms with Crippen LogP contribution in [0.4, 0.5) is 16.2 Å². The number of nitrogens with zero attached hydrogens (tertiary/aromatic N) is 2. The van der Waals surface area contributed by atoms with Crippen LogP contribution in [0.15, 0.2) is 47.2 Å². The Morgan fingerprint density at radius 2 is 1.95 bits per heavy atom. The number of nitrogens with one attached hydrogen (secondary N) is 2. The molecule has 0 aliphatic heterocycles. The molecule has 0 fully saturated rings. The molecule has 5 nitrogen and oxygen atoms in total. The lowest BCUT2D eigenvalue weighted by Gasteiger charge is -2.08.